The number of nitrogens with one attached hydrogen (secondary N) is 5. The van der Waals surface area contributed by atoms with Crippen LogP contribution in [0.25, 0.3) is 0 Å². The molecular formula is C31H55N5O7. The van der Waals surface area contributed by atoms with Gasteiger partial charge in [0.15, 0.2) is 0 Å². The van der Waals surface area contributed by atoms with Gasteiger partial charge in [0.05, 0.1) is 13.0 Å². The lowest BCUT2D eigenvalue weighted by Crippen LogP contribution is -2.58. The predicted octanol–water partition coefficient (Wildman–Crippen LogP) is 2.10. The number of unbranched alkanes of at least 4 members (excludes halogenated alkanes) is 4. The number of carbonyl (C=O) groups excluding carboxylic acids is 6. The predicted molar refractivity (Wildman–Crippen MR) is 163 cm³/mol. The van der Waals surface area contributed by atoms with Crippen molar-refractivity contribution in [3.05, 3.63) is 0 Å². The number of amides is 5. The first kappa shape index (κ1) is 37.8. The molecule has 43 heavy (non-hydrogen) atoms. The number of esters is 1. The van der Waals surface area contributed by atoms with Crippen molar-refractivity contribution < 1.29 is 33.5 Å². The van der Waals surface area contributed by atoms with Gasteiger partial charge in [-0.3, -0.25) is 24.0 Å². The lowest BCUT2D eigenvalue weighted by molar-refractivity contribution is -0.156. The summed E-state index contributed by atoms with van der Waals surface area (Å²) in [5.74, 6) is -4.03. The molecule has 246 valence electrons. The Kier molecular flexibility index (Phi) is 16.9. The van der Waals surface area contributed by atoms with Gasteiger partial charge in [-0.15, -0.1) is 0 Å². The SMILES string of the molecule is CCCCCCCC1CC(=O)NCC(=O)NC(C(C)C)C(=O)N[C@H](CC(C)C)C(=O)N[C@@H](C)C(=O)NC(C(C)C)C(=O)O1. The molecule has 12 nitrogen and oxygen atoms in total. The second kappa shape index (κ2) is 19.2. The van der Waals surface area contributed by atoms with E-state index in [2.05, 4.69) is 33.5 Å². The lowest BCUT2D eigenvalue weighted by Gasteiger charge is -2.27. The Morgan fingerprint density at radius 2 is 1.35 bits per heavy atom. The van der Waals surface area contributed by atoms with E-state index in [1.54, 1.807) is 27.7 Å². The Morgan fingerprint density at radius 1 is 0.721 bits per heavy atom. The summed E-state index contributed by atoms with van der Waals surface area (Å²) in [5, 5.41) is 13.3. The maximum Gasteiger partial charge on any atom is 0.329 e. The standard InChI is InChI=1S/C31H55N5O7/c1-9-10-11-12-13-14-22-16-24(37)32-17-25(38)35-26(19(4)5)30(41)34-23(15-18(2)3)29(40)33-21(8)28(39)36-27(20(6)7)31(42)43-22/h18-23,26-27H,9-17H2,1-8H3,(H,32,37)(H,33,40)(H,34,41)(H,35,38)(H,36,39)/t21-,22?,23+,26?,27?/m0/s1. The fourth-order valence-corrected chi connectivity index (χ4v) is 4.75. The highest BCUT2D eigenvalue weighted by atomic mass is 16.5. The topological polar surface area (TPSA) is 172 Å². The minimum atomic E-state index is -1.02. The Morgan fingerprint density at radius 3 is 1.93 bits per heavy atom. The second-order valence-electron chi connectivity index (χ2n) is 12.7. The van der Waals surface area contributed by atoms with E-state index in [0.717, 1.165) is 32.1 Å². The Bertz CT molecular complexity index is 953. The molecule has 1 saturated heterocycles. The fraction of sp³-hybridized carbons (Fsp3) is 0.806. The van der Waals surface area contributed by atoms with Crippen LogP contribution in [-0.2, 0) is 33.5 Å². The molecule has 0 aromatic carbocycles. The number of hydrogen-bond donors (Lipinski definition) is 5. The van der Waals surface area contributed by atoms with Gasteiger partial charge in [-0.25, -0.2) is 4.79 Å². The van der Waals surface area contributed by atoms with Crippen molar-refractivity contribution >= 4 is 35.5 Å². The smallest absolute Gasteiger partial charge is 0.329 e. The molecule has 0 bridgehead atoms. The molecule has 1 rings (SSSR count). The average molecular weight is 610 g/mol. The molecule has 0 spiro atoms. The van der Waals surface area contributed by atoms with E-state index in [1.807, 2.05) is 13.8 Å². The number of carbonyl (C=O) groups is 6. The van der Waals surface area contributed by atoms with Gasteiger partial charge >= 0.3 is 5.97 Å². The van der Waals surface area contributed by atoms with Gasteiger partial charge in [-0.05, 0) is 43.9 Å². The molecule has 5 atom stereocenters. The Hall–Kier alpha value is -3.18. The van der Waals surface area contributed by atoms with E-state index in [1.165, 1.54) is 6.92 Å². The summed E-state index contributed by atoms with van der Waals surface area (Å²) < 4.78 is 5.76. The van der Waals surface area contributed by atoms with Crippen molar-refractivity contribution in [2.24, 2.45) is 17.8 Å². The molecule has 0 saturated carbocycles. The minimum Gasteiger partial charge on any atom is -0.460 e. The van der Waals surface area contributed by atoms with E-state index in [-0.39, 0.29) is 30.7 Å². The van der Waals surface area contributed by atoms with Crippen LogP contribution < -0.4 is 26.6 Å². The van der Waals surface area contributed by atoms with Crippen molar-refractivity contribution in [1.29, 1.82) is 0 Å². The Balaban J connectivity index is 3.31. The highest BCUT2D eigenvalue weighted by molar-refractivity contribution is 5.95. The molecule has 1 aliphatic rings. The van der Waals surface area contributed by atoms with Gasteiger partial charge in [0.25, 0.3) is 0 Å². The van der Waals surface area contributed by atoms with Gasteiger partial charge < -0.3 is 31.3 Å². The van der Waals surface area contributed by atoms with Crippen LogP contribution in [0.5, 0.6) is 0 Å². The van der Waals surface area contributed by atoms with Crippen LogP contribution >= 0.6 is 0 Å². The summed E-state index contributed by atoms with van der Waals surface area (Å²) in [6.07, 6.45) is 4.71. The largest absolute Gasteiger partial charge is 0.460 e. The molecule has 0 aromatic heterocycles. The van der Waals surface area contributed by atoms with Crippen molar-refractivity contribution in [3.63, 3.8) is 0 Å². The van der Waals surface area contributed by atoms with Gasteiger partial charge in [-0.2, -0.15) is 0 Å². The molecule has 5 N–H and O–H groups in total. The molecule has 0 radical (unpaired) electrons. The molecule has 1 aliphatic heterocycles. The summed E-state index contributed by atoms with van der Waals surface area (Å²) in [6, 6.07) is -3.95. The average Bonchev–Trinajstić information content (AvgIpc) is 2.91. The van der Waals surface area contributed by atoms with E-state index in [4.69, 9.17) is 4.74 Å². The summed E-state index contributed by atoms with van der Waals surface area (Å²) in [5.41, 5.74) is 0. The first-order valence-corrected chi connectivity index (χ1v) is 15.8. The Labute approximate surface area is 257 Å². The van der Waals surface area contributed by atoms with Gasteiger partial charge in [0.1, 0.15) is 30.3 Å². The van der Waals surface area contributed by atoms with Gasteiger partial charge in [0, 0.05) is 0 Å². The van der Waals surface area contributed by atoms with Crippen molar-refractivity contribution in [3.8, 4) is 0 Å². The highest BCUT2D eigenvalue weighted by Gasteiger charge is 2.33. The first-order valence-electron chi connectivity index (χ1n) is 15.8. The molecule has 5 amide bonds. The zero-order valence-corrected chi connectivity index (χ0v) is 27.3. The monoisotopic (exact) mass is 609 g/mol. The summed E-state index contributed by atoms with van der Waals surface area (Å²) in [7, 11) is 0. The van der Waals surface area contributed by atoms with E-state index >= 15 is 0 Å². The summed E-state index contributed by atoms with van der Waals surface area (Å²) in [4.78, 5) is 78.4. The molecule has 1 fully saturated rings. The zero-order valence-electron chi connectivity index (χ0n) is 27.3. The van der Waals surface area contributed by atoms with Crippen molar-refractivity contribution in [1.82, 2.24) is 26.6 Å². The molecule has 0 aliphatic carbocycles. The van der Waals surface area contributed by atoms with Crippen molar-refractivity contribution in [2.45, 2.75) is 137 Å². The van der Waals surface area contributed by atoms with Crippen LogP contribution in [0.15, 0.2) is 0 Å². The van der Waals surface area contributed by atoms with Crippen LogP contribution in [0.3, 0.4) is 0 Å². The van der Waals surface area contributed by atoms with Gasteiger partial charge in [-0.1, -0.05) is 74.1 Å². The maximum absolute atomic E-state index is 13.3. The quantitative estimate of drug-likeness (QED) is 0.186. The number of ether oxygens (including phenoxy) is 1. The third kappa shape index (κ3) is 14.2. The maximum atomic E-state index is 13.3. The normalized spacial score (nSPS) is 25.6. The molecule has 12 heteroatoms. The van der Waals surface area contributed by atoms with Crippen LogP contribution in [0.1, 0.15) is 107 Å². The molecule has 0 aromatic rings. The van der Waals surface area contributed by atoms with E-state index in [0.29, 0.717) is 12.8 Å². The van der Waals surface area contributed by atoms with E-state index in [9.17, 15) is 28.8 Å². The zero-order chi connectivity index (χ0) is 32.7. The van der Waals surface area contributed by atoms with Crippen molar-refractivity contribution in [2.75, 3.05) is 6.54 Å². The second-order valence-corrected chi connectivity index (χ2v) is 12.7. The minimum absolute atomic E-state index is 0.0313. The summed E-state index contributed by atoms with van der Waals surface area (Å²) >= 11 is 0. The highest BCUT2D eigenvalue weighted by Crippen LogP contribution is 2.16. The first-order chi connectivity index (χ1) is 20.2. The lowest BCUT2D eigenvalue weighted by atomic mass is 9.99. The van der Waals surface area contributed by atoms with Crippen LogP contribution in [0.4, 0.5) is 0 Å². The molecule has 3 unspecified atom stereocenters. The number of hydrogen-bond acceptors (Lipinski definition) is 7. The summed E-state index contributed by atoms with van der Waals surface area (Å²) in [6.45, 7) is 14.1. The molecule has 1 heterocycles. The third-order valence-electron chi connectivity index (χ3n) is 7.35. The molecular weight excluding hydrogens is 554 g/mol. The fourth-order valence-electron chi connectivity index (χ4n) is 4.75. The van der Waals surface area contributed by atoms with Crippen LogP contribution in [-0.4, -0.2) is 72.3 Å². The number of rotatable bonds is 10. The number of cyclic esters (lactones) is 1. The van der Waals surface area contributed by atoms with Crippen LogP contribution in [0, 0.1) is 17.8 Å². The third-order valence-corrected chi connectivity index (χ3v) is 7.35. The van der Waals surface area contributed by atoms with E-state index < -0.39 is 65.8 Å². The van der Waals surface area contributed by atoms with Crippen LogP contribution in [0.2, 0.25) is 0 Å². The van der Waals surface area contributed by atoms with Gasteiger partial charge in [0.2, 0.25) is 29.5 Å².